The summed E-state index contributed by atoms with van der Waals surface area (Å²) in [7, 11) is 0. The Morgan fingerprint density at radius 2 is 2.00 bits per heavy atom. The van der Waals surface area contributed by atoms with Crippen molar-refractivity contribution >= 4 is 25.3 Å². The number of nitrogens with zero attached hydrogens (tertiary/aromatic N) is 1. The Balaban J connectivity index is 0.00000243. The zero-order chi connectivity index (χ0) is 17.8. The van der Waals surface area contributed by atoms with Crippen molar-refractivity contribution in [2.45, 2.75) is 58.0 Å². The summed E-state index contributed by atoms with van der Waals surface area (Å²) in [5, 5.41) is 8.77. The topological polar surface area (TPSA) is 78.9 Å². The highest BCUT2D eigenvalue weighted by molar-refractivity contribution is 7.59. The fourth-order valence-electron chi connectivity index (χ4n) is 3.75. The molecular weight excluding hydrogens is 352 g/mol. The van der Waals surface area contributed by atoms with E-state index in [4.69, 9.17) is 9.94 Å². The Labute approximate surface area is 161 Å². The minimum atomic E-state index is -0.575. The number of amides is 2. The minimum Gasteiger partial charge on any atom is -0.491 e. The number of benzene rings is 1. The van der Waals surface area contributed by atoms with Crippen molar-refractivity contribution < 1.29 is 19.5 Å². The van der Waals surface area contributed by atoms with Crippen molar-refractivity contribution in [3.63, 3.8) is 0 Å². The van der Waals surface area contributed by atoms with Crippen LogP contribution in [0.15, 0.2) is 18.2 Å². The summed E-state index contributed by atoms with van der Waals surface area (Å²) in [6.07, 6.45) is 6.67. The molecule has 0 radical (unpaired) electrons. The molecule has 2 amide bonds. The lowest BCUT2D eigenvalue weighted by Gasteiger charge is -2.29. The Morgan fingerprint density at radius 3 is 2.69 bits per heavy atom. The number of fused-ring (bicyclic) bond motifs is 1. The lowest BCUT2D eigenvalue weighted by molar-refractivity contribution is -0.135. The first-order chi connectivity index (χ1) is 12.1. The van der Waals surface area contributed by atoms with Crippen LogP contribution >= 0.6 is 13.5 Å². The van der Waals surface area contributed by atoms with Gasteiger partial charge in [0.1, 0.15) is 12.4 Å². The van der Waals surface area contributed by atoms with Gasteiger partial charge in [0.2, 0.25) is 5.91 Å². The van der Waals surface area contributed by atoms with Crippen LogP contribution in [0.4, 0.5) is 0 Å². The Kier molecular flexibility index (Phi) is 7.34. The third kappa shape index (κ3) is 4.71. The van der Waals surface area contributed by atoms with Crippen LogP contribution in [0, 0.1) is 5.92 Å². The molecule has 1 atom stereocenters. The van der Waals surface area contributed by atoms with Crippen LogP contribution in [0.5, 0.6) is 5.75 Å². The molecule has 3 rings (SSSR count). The molecule has 144 valence electrons. The van der Waals surface area contributed by atoms with Gasteiger partial charge in [0.15, 0.2) is 0 Å². The molecule has 1 heterocycles. The highest BCUT2D eigenvalue weighted by Crippen LogP contribution is 2.30. The molecule has 2 N–H and O–H groups in total. The zero-order valence-corrected chi connectivity index (χ0v) is 16.2. The van der Waals surface area contributed by atoms with Crippen LogP contribution in [0.2, 0.25) is 0 Å². The van der Waals surface area contributed by atoms with Crippen LogP contribution in [0.1, 0.15) is 61.4 Å². The quantitative estimate of drug-likeness (QED) is 0.624. The van der Waals surface area contributed by atoms with E-state index < -0.39 is 5.91 Å². The van der Waals surface area contributed by atoms with Gasteiger partial charge in [0, 0.05) is 24.1 Å². The standard InChI is InChI=1S/C19H26N2O4.H2S/c1-13-12-25-17-10-15(19(23)20-24)7-8-16(17)11-21(13)18(22)9-14-5-3-2-4-6-14;/h7-8,10,13-14,24H,2-6,9,11-12H2,1H3,(H,20,23);1H2/t13-;/m0./s1. The van der Waals surface area contributed by atoms with E-state index in [1.54, 1.807) is 23.7 Å². The third-order valence-corrected chi connectivity index (χ3v) is 5.29. The first-order valence-corrected chi connectivity index (χ1v) is 9.08. The van der Waals surface area contributed by atoms with Gasteiger partial charge in [-0.15, -0.1) is 0 Å². The summed E-state index contributed by atoms with van der Waals surface area (Å²) in [4.78, 5) is 26.3. The SMILES string of the molecule is C[C@H]1COc2cc(C(=O)NO)ccc2CN1C(=O)CC1CCCCC1.S. The van der Waals surface area contributed by atoms with Crippen molar-refractivity contribution in [3.8, 4) is 5.75 Å². The first-order valence-electron chi connectivity index (χ1n) is 9.08. The highest BCUT2D eigenvalue weighted by Gasteiger charge is 2.28. The van der Waals surface area contributed by atoms with Crippen LogP contribution in [0.25, 0.3) is 0 Å². The molecule has 7 heteroatoms. The molecule has 1 saturated carbocycles. The maximum absolute atomic E-state index is 12.8. The van der Waals surface area contributed by atoms with Gasteiger partial charge in [0.25, 0.3) is 5.91 Å². The predicted octanol–water partition coefficient (Wildman–Crippen LogP) is 3.00. The van der Waals surface area contributed by atoms with E-state index >= 15 is 0 Å². The molecule has 0 spiro atoms. The van der Waals surface area contributed by atoms with Crippen LogP contribution < -0.4 is 10.2 Å². The van der Waals surface area contributed by atoms with Crippen molar-refractivity contribution in [1.29, 1.82) is 0 Å². The molecule has 1 fully saturated rings. The second kappa shape index (κ2) is 9.28. The van der Waals surface area contributed by atoms with E-state index in [0.29, 0.717) is 36.8 Å². The predicted molar refractivity (Wildman–Crippen MR) is 103 cm³/mol. The van der Waals surface area contributed by atoms with E-state index in [9.17, 15) is 9.59 Å². The molecule has 2 aliphatic rings. The summed E-state index contributed by atoms with van der Waals surface area (Å²) >= 11 is 0. The van der Waals surface area contributed by atoms with E-state index in [1.807, 2.05) is 11.8 Å². The maximum Gasteiger partial charge on any atom is 0.274 e. The van der Waals surface area contributed by atoms with E-state index in [1.165, 1.54) is 19.3 Å². The lowest BCUT2D eigenvalue weighted by atomic mass is 9.86. The number of hydroxylamine groups is 1. The van der Waals surface area contributed by atoms with Gasteiger partial charge in [-0.1, -0.05) is 25.3 Å². The smallest absolute Gasteiger partial charge is 0.274 e. The minimum absolute atomic E-state index is 0. The molecule has 0 aromatic heterocycles. The fraction of sp³-hybridized carbons (Fsp3) is 0.579. The van der Waals surface area contributed by atoms with Gasteiger partial charge < -0.3 is 9.64 Å². The second-order valence-corrected chi connectivity index (χ2v) is 7.15. The van der Waals surface area contributed by atoms with Gasteiger partial charge in [-0.25, -0.2) is 5.48 Å². The number of hydrogen-bond donors (Lipinski definition) is 2. The molecule has 6 nitrogen and oxygen atoms in total. The average Bonchev–Trinajstić information content (AvgIpc) is 2.80. The van der Waals surface area contributed by atoms with Crippen molar-refractivity contribution in [3.05, 3.63) is 29.3 Å². The second-order valence-electron chi connectivity index (χ2n) is 7.15. The Hall–Kier alpha value is -1.73. The summed E-state index contributed by atoms with van der Waals surface area (Å²) in [6.45, 7) is 2.88. The highest BCUT2D eigenvalue weighted by atomic mass is 32.1. The Bertz CT molecular complexity index is 646. The number of carbonyl (C=O) groups excluding carboxylic acids is 2. The molecule has 1 aliphatic heterocycles. The van der Waals surface area contributed by atoms with Crippen molar-refractivity contribution in [2.24, 2.45) is 5.92 Å². The van der Waals surface area contributed by atoms with Gasteiger partial charge >= 0.3 is 0 Å². The van der Waals surface area contributed by atoms with Gasteiger partial charge in [-0.3, -0.25) is 14.8 Å². The van der Waals surface area contributed by atoms with Gasteiger partial charge in [-0.05, 0) is 37.8 Å². The molecule has 1 aliphatic carbocycles. The lowest BCUT2D eigenvalue weighted by Crippen LogP contribution is -2.40. The summed E-state index contributed by atoms with van der Waals surface area (Å²) < 4.78 is 5.81. The number of rotatable bonds is 3. The van der Waals surface area contributed by atoms with Crippen molar-refractivity contribution in [1.82, 2.24) is 10.4 Å². The molecule has 0 unspecified atom stereocenters. The average molecular weight is 381 g/mol. The largest absolute Gasteiger partial charge is 0.491 e. The summed E-state index contributed by atoms with van der Waals surface area (Å²) in [6, 6.07) is 5.02. The molecule has 0 saturated heterocycles. The molecule has 26 heavy (non-hydrogen) atoms. The maximum atomic E-state index is 12.8. The monoisotopic (exact) mass is 380 g/mol. The van der Waals surface area contributed by atoms with Crippen LogP contribution in [-0.4, -0.2) is 34.6 Å². The number of ether oxygens (including phenoxy) is 1. The van der Waals surface area contributed by atoms with Crippen LogP contribution in [0.3, 0.4) is 0 Å². The summed E-state index contributed by atoms with van der Waals surface area (Å²) in [5.74, 6) is 0.718. The van der Waals surface area contributed by atoms with E-state index in [-0.39, 0.29) is 25.4 Å². The van der Waals surface area contributed by atoms with E-state index in [2.05, 4.69) is 0 Å². The number of hydrogen-bond acceptors (Lipinski definition) is 4. The Morgan fingerprint density at radius 1 is 1.27 bits per heavy atom. The molecular formula is C19H28N2O4S. The van der Waals surface area contributed by atoms with Gasteiger partial charge in [0.05, 0.1) is 6.04 Å². The van der Waals surface area contributed by atoms with Crippen LogP contribution in [-0.2, 0) is 11.3 Å². The summed E-state index contributed by atoms with van der Waals surface area (Å²) in [5.41, 5.74) is 2.84. The first kappa shape index (κ1) is 20.6. The molecule has 1 aromatic rings. The van der Waals surface area contributed by atoms with Crippen molar-refractivity contribution in [2.75, 3.05) is 6.61 Å². The number of carbonyl (C=O) groups is 2. The number of nitrogens with one attached hydrogen (secondary N) is 1. The zero-order valence-electron chi connectivity index (χ0n) is 15.2. The van der Waals surface area contributed by atoms with E-state index in [0.717, 1.165) is 18.4 Å². The fourth-order valence-corrected chi connectivity index (χ4v) is 3.75. The van der Waals surface area contributed by atoms with Gasteiger partial charge in [-0.2, -0.15) is 13.5 Å². The molecule has 0 bridgehead atoms. The normalized spacial score (nSPS) is 20.2. The third-order valence-electron chi connectivity index (χ3n) is 5.29. The molecule has 1 aromatic carbocycles.